The molecule has 1 aromatic heterocycles. The van der Waals surface area contributed by atoms with Gasteiger partial charge in [-0.25, -0.2) is 0 Å². The van der Waals surface area contributed by atoms with E-state index < -0.39 is 0 Å². The quantitative estimate of drug-likeness (QED) is 0.636. The fourth-order valence-corrected chi connectivity index (χ4v) is 2.97. The minimum atomic E-state index is 0.567. The molecule has 21 heavy (non-hydrogen) atoms. The summed E-state index contributed by atoms with van der Waals surface area (Å²) < 4.78 is 5.30. The van der Waals surface area contributed by atoms with E-state index in [1.54, 1.807) is 11.8 Å². The summed E-state index contributed by atoms with van der Waals surface area (Å²) in [6.45, 7) is 2.09. The highest BCUT2D eigenvalue weighted by atomic mass is 35.5. The Labute approximate surface area is 132 Å². The van der Waals surface area contributed by atoms with E-state index in [2.05, 4.69) is 29.2 Å². The topological polar surface area (TPSA) is 38.9 Å². The van der Waals surface area contributed by atoms with Gasteiger partial charge in [0.05, 0.1) is 5.75 Å². The molecule has 0 spiro atoms. The van der Waals surface area contributed by atoms with Crippen LogP contribution in [-0.4, -0.2) is 10.1 Å². The Morgan fingerprint density at radius 3 is 2.81 bits per heavy atom. The average molecular weight is 317 g/mol. The maximum absolute atomic E-state index is 5.97. The summed E-state index contributed by atoms with van der Waals surface area (Å²) in [6, 6.07) is 15.7. The lowest BCUT2D eigenvalue weighted by atomic mass is 10.2. The lowest BCUT2D eigenvalue weighted by molar-refractivity contribution is 0.391. The van der Waals surface area contributed by atoms with Crippen molar-refractivity contribution in [2.24, 2.45) is 0 Å². The molecule has 0 aliphatic rings. The van der Waals surface area contributed by atoms with E-state index in [1.807, 2.05) is 36.4 Å². The molecule has 0 radical (unpaired) electrons. The summed E-state index contributed by atoms with van der Waals surface area (Å²) in [6.07, 6.45) is 0. The molecule has 0 saturated heterocycles. The molecule has 0 amide bonds. The van der Waals surface area contributed by atoms with Gasteiger partial charge in [0.2, 0.25) is 11.7 Å². The highest BCUT2D eigenvalue weighted by Gasteiger charge is 2.09. The highest BCUT2D eigenvalue weighted by Crippen LogP contribution is 2.26. The molecule has 0 unspecified atom stereocenters. The molecule has 3 rings (SSSR count). The average Bonchev–Trinajstić information content (AvgIpc) is 2.95. The van der Waals surface area contributed by atoms with Crippen LogP contribution in [-0.2, 0) is 5.75 Å². The largest absolute Gasteiger partial charge is 0.338 e. The summed E-state index contributed by atoms with van der Waals surface area (Å²) in [7, 11) is 0. The van der Waals surface area contributed by atoms with Gasteiger partial charge in [0.1, 0.15) is 0 Å². The van der Waals surface area contributed by atoms with Crippen LogP contribution in [0.2, 0.25) is 5.02 Å². The number of rotatable bonds is 4. The molecule has 0 fully saturated rings. The van der Waals surface area contributed by atoms with Crippen LogP contribution in [0.15, 0.2) is 57.9 Å². The zero-order valence-corrected chi connectivity index (χ0v) is 13.0. The molecular formula is C16H13ClN2OS. The first-order chi connectivity index (χ1) is 10.2. The first-order valence-electron chi connectivity index (χ1n) is 6.49. The van der Waals surface area contributed by atoms with Gasteiger partial charge in [-0.05, 0) is 30.7 Å². The van der Waals surface area contributed by atoms with Crippen LogP contribution in [0.3, 0.4) is 0 Å². The molecule has 0 aliphatic carbocycles. The van der Waals surface area contributed by atoms with Crippen molar-refractivity contribution in [1.82, 2.24) is 10.1 Å². The number of hydrogen-bond acceptors (Lipinski definition) is 4. The van der Waals surface area contributed by atoms with E-state index >= 15 is 0 Å². The molecule has 0 saturated carbocycles. The normalized spacial score (nSPS) is 10.8. The Morgan fingerprint density at radius 2 is 2.00 bits per heavy atom. The van der Waals surface area contributed by atoms with Crippen molar-refractivity contribution in [3.8, 4) is 11.4 Å². The van der Waals surface area contributed by atoms with Crippen molar-refractivity contribution < 1.29 is 4.52 Å². The number of benzene rings is 2. The molecule has 3 aromatic rings. The molecule has 0 aliphatic heterocycles. The Balaban J connectivity index is 1.72. The van der Waals surface area contributed by atoms with Gasteiger partial charge >= 0.3 is 0 Å². The summed E-state index contributed by atoms with van der Waals surface area (Å²) in [5, 5.41) is 4.66. The van der Waals surface area contributed by atoms with Crippen LogP contribution in [0.5, 0.6) is 0 Å². The predicted molar refractivity (Wildman–Crippen MR) is 85.5 cm³/mol. The van der Waals surface area contributed by atoms with E-state index in [0.29, 0.717) is 22.5 Å². The smallest absolute Gasteiger partial charge is 0.237 e. The van der Waals surface area contributed by atoms with Gasteiger partial charge < -0.3 is 4.52 Å². The number of hydrogen-bond donors (Lipinski definition) is 0. The number of aryl methyl sites for hydroxylation is 1. The van der Waals surface area contributed by atoms with Gasteiger partial charge in [0.25, 0.3) is 0 Å². The minimum Gasteiger partial charge on any atom is -0.338 e. The fraction of sp³-hybridized carbons (Fsp3) is 0.125. The summed E-state index contributed by atoms with van der Waals surface area (Å²) in [4.78, 5) is 5.63. The van der Waals surface area contributed by atoms with Crippen LogP contribution in [0.4, 0.5) is 0 Å². The molecule has 0 bridgehead atoms. The summed E-state index contributed by atoms with van der Waals surface area (Å²) in [5.74, 6) is 1.83. The Hall–Kier alpha value is -1.78. The first kappa shape index (κ1) is 14.2. The van der Waals surface area contributed by atoms with Gasteiger partial charge in [0, 0.05) is 15.5 Å². The van der Waals surface area contributed by atoms with Crippen LogP contribution in [0.1, 0.15) is 11.5 Å². The van der Waals surface area contributed by atoms with Gasteiger partial charge in [-0.2, -0.15) is 4.98 Å². The third-order valence-electron chi connectivity index (χ3n) is 3.00. The van der Waals surface area contributed by atoms with Crippen molar-refractivity contribution in [3.05, 3.63) is 65.0 Å². The molecular weight excluding hydrogens is 304 g/mol. The lowest BCUT2D eigenvalue weighted by Crippen LogP contribution is -1.84. The maximum Gasteiger partial charge on any atom is 0.237 e. The first-order valence-corrected chi connectivity index (χ1v) is 7.86. The standard InChI is InChI=1S/C16H13ClN2OS/c1-11-5-2-3-8-14(11)21-10-15-18-16(19-20-15)12-6-4-7-13(17)9-12/h2-9H,10H2,1H3. The van der Waals surface area contributed by atoms with Crippen LogP contribution >= 0.6 is 23.4 Å². The maximum atomic E-state index is 5.97. The van der Waals surface area contributed by atoms with Crippen molar-refractivity contribution >= 4 is 23.4 Å². The Morgan fingerprint density at radius 1 is 1.14 bits per heavy atom. The summed E-state index contributed by atoms with van der Waals surface area (Å²) in [5.41, 5.74) is 2.11. The Bertz CT molecular complexity index is 757. The van der Waals surface area contributed by atoms with E-state index in [9.17, 15) is 0 Å². The lowest BCUT2D eigenvalue weighted by Gasteiger charge is -2.01. The van der Waals surface area contributed by atoms with Crippen LogP contribution < -0.4 is 0 Å². The van der Waals surface area contributed by atoms with E-state index in [0.717, 1.165) is 5.56 Å². The van der Waals surface area contributed by atoms with E-state index in [-0.39, 0.29) is 0 Å². The van der Waals surface area contributed by atoms with Gasteiger partial charge in [-0.15, -0.1) is 11.8 Å². The van der Waals surface area contributed by atoms with Gasteiger partial charge in [0.15, 0.2) is 0 Å². The third kappa shape index (κ3) is 3.46. The Kier molecular flexibility index (Phi) is 4.27. The van der Waals surface area contributed by atoms with Crippen molar-refractivity contribution in [2.75, 3.05) is 0 Å². The SMILES string of the molecule is Cc1ccccc1SCc1nc(-c2cccc(Cl)c2)no1. The minimum absolute atomic E-state index is 0.567. The number of thioether (sulfide) groups is 1. The zero-order chi connectivity index (χ0) is 14.7. The van der Waals surface area contributed by atoms with Gasteiger partial charge in [-0.1, -0.05) is 47.1 Å². The summed E-state index contributed by atoms with van der Waals surface area (Å²) >= 11 is 7.66. The van der Waals surface area contributed by atoms with Crippen LogP contribution in [0.25, 0.3) is 11.4 Å². The highest BCUT2D eigenvalue weighted by molar-refractivity contribution is 7.98. The molecule has 106 valence electrons. The van der Waals surface area contributed by atoms with E-state index in [4.69, 9.17) is 16.1 Å². The number of halogens is 1. The second-order valence-electron chi connectivity index (χ2n) is 4.58. The van der Waals surface area contributed by atoms with Crippen molar-refractivity contribution in [1.29, 1.82) is 0 Å². The fourth-order valence-electron chi connectivity index (χ4n) is 1.92. The molecule has 0 N–H and O–H groups in total. The molecule has 3 nitrogen and oxygen atoms in total. The molecule has 1 heterocycles. The molecule has 2 aromatic carbocycles. The third-order valence-corrected chi connectivity index (χ3v) is 4.39. The second kappa shape index (κ2) is 6.33. The van der Waals surface area contributed by atoms with E-state index in [1.165, 1.54) is 10.5 Å². The number of aromatic nitrogens is 2. The molecule has 5 heteroatoms. The molecule has 0 atom stereocenters. The zero-order valence-electron chi connectivity index (χ0n) is 11.4. The van der Waals surface area contributed by atoms with Gasteiger partial charge in [-0.3, -0.25) is 0 Å². The number of nitrogens with zero attached hydrogens (tertiary/aromatic N) is 2. The van der Waals surface area contributed by atoms with Crippen molar-refractivity contribution in [3.63, 3.8) is 0 Å². The van der Waals surface area contributed by atoms with Crippen molar-refractivity contribution in [2.45, 2.75) is 17.6 Å². The van der Waals surface area contributed by atoms with Crippen LogP contribution in [0, 0.1) is 6.92 Å². The monoisotopic (exact) mass is 316 g/mol. The second-order valence-corrected chi connectivity index (χ2v) is 6.03. The predicted octanol–water partition coefficient (Wildman–Crippen LogP) is 4.99.